The summed E-state index contributed by atoms with van der Waals surface area (Å²) in [6.07, 6.45) is 8.28. The Balaban J connectivity index is 1.53. The molecular formula is C30H52O2Si2. The third kappa shape index (κ3) is 4.49. The van der Waals surface area contributed by atoms with Gasteiger partial charge in [0.15, 0.2) is 8.32 Å². The normalized spacial score (nSPS) is 32.1. The molecule has 5 atom stereocenters. The average molecular weight is 501 g/mol. The molecule has 4 rings (SSSR count). The molecule has 192 valence electrons. The predicted molar refractivity (Wildman–Crippen MR) is 151 cm³/mol. The first-order valence-electron chi connectivity index (χ1n) is 14.0. The summed E-state index contributed by atoms with van der Waals surface area (Å²) >= 11 is 0. The van der Waals surface area contributed by atoms with Gasteiger partial charge in [-0.2, -0.15) is 0 Å². The third-order valence-corrected chi connectivity index (χ3v) is 19.9. The molecule has 0 bridgehead atoms. The van der Waals surface area contributed by atoms with Crippen molar-refractivity contribution < 1.29 is 8.85 Å². The van der Waals surface area contributed by atoms with Crippen molar-refractivity contribution in [1.82, 2.24) is 0 Å². The lowest BCUT2D eigenvalue weighted by Gasteiger charge is -2.52. The molecule has 2 saturated carbocycles. The molecule has 34 heavy (non-hydrogen) atoms. The maximum Gasteiger partial charge on any atom is 0.250 e. The van der Waals surface area contributed by atoms with E-state index in [2.05, 4.69) is 92.9 Å². The molecular weight excluding hydrogens is 449 g/mol. The van der Waals surface area contributed by atoms with Gasteiger partial charge in [0.05, 0.1) is 6.10 Å². The fourth-order valence-electron chi connectivity index (χ4n) is 6.75. The van der Waals surface area contributed by atoms with Crippen LogP contribution in [0.2, 0.25) is 36.3 Å². The molecule has 0 heterocycles. The topological polar surface area (TPSA) is 18.5 Å². The summed E-state index contributed by atoms with van der Waals surface area (Å²) in [5, 5.41) is 0.514. The van der Waals surface area contributed by atoms with Crippen molar-refractivity contribution in [2.45, 2.75) is 135 Å². The van der Waals surface area contributed by atoms with Gasteiger partial charge in [-0.3, -0.25) is 0 Å². The Labute approximate surface area is 212 Å². The van der Waals surface area contributed by atoms with Crippen molar-refractivity contribution in [3.63, 3.8) is 0 Å². The van der Waals surface area contributed by atoms with Crippen LogP contribution < -0.4 is 4.43 Å². The molecule has 0 N–H and O–H groups in total. The molecule has 2 nitrogen and oxygen atoms in total. The van der Waals surface area contributed by atoms with Gasteiger partial charge in [-0.15, -0.1) is 0 Å². The molecule has 0 spiro atoms. The molecule has 2 fully saturated rings. The van der Waals surface area contributed by atoms with Gasteiger partial charge in [-0.1, -0.05) is 54.5 Å². The molecule has 1 aromatic carbocycles. The third-order valence-electron chi connectivity index (χ3n) is 11.0. The van der Waals surface area contributed by atoms with E-state index in [0.717, 1.165) is 23.5 Å². The quantitative estimate of drug-likeness (QED) is 0.383. The summed E-state index contributed by atoms with van der Waals surface area (Å²) in [5.74, 6) is 3.48. The lowest BCUT2D eigenvalue weighted by atomic mass is 9.55. The molecule has 3 aliphatic rings. The second-order valence-electron chi connectivity index (χ2n) is 15.1. The zero-order valence-corrected chi connectivity index (χ0v) is 26.1. The van der Waals surface area contributed by atoms with Crippen LogP contribution in [0.4, 0.5) is 0 Å². The zero-order chi connectivity index (χ0) is 25.3. The summed E-state index contributed by atoms with van der Waals surface area (Å²) in [4.78, 5) is 0. The van der Waals surface area contributed by atoms with E-state index in [-0.39, 0.29) is 10.1 Å². The van der Waals surface area contributed by atoms with Crippen molar-refractivity contribution in [3.05, 3.63) is 29.3 Å². The van der Waals surface area contributed by atoms with Gasteiger partial charge in [-0.05, 0) is 121 Å². The molecule has 0 amide bonds. The van der Waals surface area contributed by atoms with E-state index < -0.39 is 16.6 Å². The first-order valence-corrected chi connectivity index (χ1v) is 19.8. The summed E-state index contributed by atoms with van der Waals surface area (Å²) in [5.41, 5.74) is 3.56. The Hall–Kier alpha value is -0.586. The maximum absolute atomic E-state index is 7.10. The van der Waals surface area contributed by atoms with Crippen LogP contribution in [0, 0.1) is 17.3 Å². The average Bonchev–Trinajstić information content (AvgIpc) is 3.01. The molecule has 0 aromatic heterocycles. The highest BCUT2D eigenvalue weighted by Gasteiger charge is 2.57. The van der Waals surface area contributed by atoms with Gasteiger partial charge in [0, 0.05) is 0 Å². The Morgan fingerprint density at radius 1 is 0.853 bits per heavy atom. The number of fused-ring (bicyclic) bond motifs is 5. The maximum atomic E-state index is 7.10. The smallest absolute Gasteiger partial charge is 0.250 e. The molecule has 4 heteroatoms. The zero-order valence-electron chi connectivity index (χ0n) is 24.1. The van der Waals surface area contributed by atoms with Crippen LogP contribution in [-0.2, 0) is 10.8 Å². The van der Waals surface area contributed by atoms with E-state index in [0.29, 0.717) is 11.5 Å². The second-order valence-corrected chi connectivity index (χ2v) is 24.6. The van der Waals surface area contributed by atoms with Crippen molar-refractivity contribution in [2.75, 3.05) is 0 Å². The SMILES string of the molecule is CC(C)(C)[Si](C)(C)Oc1ccc2c(c1)CCC1C2CC[C@@]2(C)C1CC[C@@H]2O[Si](C)(C)C(C)(C)C. The lowest BCUT2D eigenvalue weighted by Crippen LogP contribution is -2.50. The van der Waals surface area contributed by atoms with E-state index in [1.807, 2.05) is 0 Å². The molecule has 3 unspecified atom stereocenters. The Bertz CT molecular complexity index is 907. The van der Waals surface area contributed by atoms with Crippen molar-refractivity contribution in [3.8, 4) is 5.75 Å². The Morgan fingerprint density at radius 3 is 2.12 bits per heavy atom. The highest BCUT2D eigenvalue weighted by atomic mass is 28.4. The van der Waals surface area contributed by atoms with Gasteiger partial charge in [0.2, 0.25) is 8.32 Å². The summed E-state index contributed by atoms with van der Waals surface area (Å²) < 4.78 is 13.8. The molecule has 0 saturated heterocycles. The summed E-state index contributed by atoms with van der Waals surface area (Å²) in [6.45, 7) is 26.3. The Morgan fingerprint density at radius 2 is 1.50 bits per heavy atom. The minimum absolute atomic E-state index is 0.229. The molecule has 3 aliphatic carbocycles. The van der Waals surface area contributed by atoms with E-state index in [4.69, 9.17) is 8.85 Å². The van der Waals surface area contributed by atoms with Gasteiger partial charge in [0.25, 0.3) is 0 Å². The predicted octanol–water partition coefficient (Wildman–Crippen LogP) is 9.32. The van der Waals surface area contributed by atoms with Crippen molar-refractivity contribution in [2.24, 2.45) is 17.3 Å². The van der Waals surface area contributed by atoms with E-state index in [1.54, 1.807) is 11.1 Å². The highest BCUT2D eigenvalue weighted by molar-refractivity contribution is 6.75. The first kappa shape index (κ1) is 26.5. The molecule has 0 radical (unpaired) electrons. The van der Waals surface area contributed by atoms with Gasteiger partial charge in [0.1, 0.15) is 5.75 Å². The van der Waals surface area contributed by atoms with Crippen LogP contribution >= 0.6 is 0 Å². The van der Waals surface area contributed by atoms with Crippen LogP contribution in [-0.4, -0.2) is 22.7 Å². The fraction of sp³-hybridized carbons (Fsp3) is 0.800. The van der Waals surface area contributed by atoms with Crippen LogP contribution in [0.25, 0.3) is 0 Å². The number of rotatable bonds is 4. The Kier molecular flexibility index (Phi) is 6.60. The minimum atomic E-state index is -1.80. The molecule has 1 aromatic rings. The van der Waals surface area contributed by atoms with Gasteiger partial charge in [-0.25, -0.2) is 0 Å². The van der Waals surface area contributed by atoms with Crippen LogP contribution in [0.5, 0.6) is 5.75 Å². The molecule has 0 aliphatic heterocycles. The van der Waals surface area contributed by atoms with E-state index in [9.17, 15) is 0 Å². The van der Waals surface area contributed by atoms with Crippen LogP contribution in [0.3, 0.4) is 0 Å². The van der Waals surface area contributed by atoms with Gasteiger partial charge < -0.3 is 8.85 Å². The number of aryl methyl sites for hydroxylation is 1. The second kappa shape index (κ2) is 8.48. The summed E-state index contributed by atoms with van der Waals surface area (Å²) in [6, 6.07) is 7.13. The minimum Gasteiger partial charge on any atom is -0.543 e. The number of hydrogen-bond donors (Lipinski definition) is 0. The van der Waals surface area contributed by atoms with Crippen molar-refractivity contribution >= 4 is 16.6 Å². The largest absolute Gasteiger partial charge is 0.543 e. The summed E-state index contributed by atoms with van der Waals surface area (Å²) in [7, 11) is -3.55. The van der Waals surface area contributed by atoms with E-state index in [1.165, 1.54) is 38.5 Å². The van der Waals surface area contributed by atoms with Crippen molar-refractivity contribution in [1.29, 1.82) is 0 Å². The monoisotopic (exact) mass is 500 g/mol. The number of benzene rings is 1. The van der Waals surface area contributed by atoms with Crippen LogP contribution in [0.15, 0.2) is 18.2 Å². The fourth-order valence-corrected chi connectivity index (χ4v) is 9.22. The first-order chi connectivity index (χ1) is 15.5. The highest BCUT2D eigenvalue weighted by Crippen LogP contribution is 2.62. The standard InChI is InChI=1S/C30H52O2Si2/c1-28(2,3)33(8,9)31-22-13-15-23-21(20-22)12-14-25-24(23)18-19-30(7)26(25)16-17-27(30)32-34(10,11)29(4,5)6/h13,15,20,24-27H,12,14,16-19H2,1-11H3/t24?,25?,26?,27-,30-/m0/s1. The lowest BCUT2D eigenvalue weighted by molar-refractivity contribution is -0.0164. The van der Waals surface area contributed by atoms with Gasteiger partial charge >= 0.3 is 0 Å². The van der Waals surface area contributed by atoms with E-state index >= 15 is 0 Å². The van der Waals surface area contributed by atoms with Crippen LogP contribution in [0.1, 0.15) is 97.6 Å². The number of hydrogen-bond acceptors (Lipinski definition) is 2.